The van der Waals surface area contributed by atoms with Crippen LogP contribution in [0.3, 0.4) is 0 Å². The summed E-state index contributed by atoms with van der Waals surface area (Å²) >= 11 is 0. The van der Waals surface area contributed by atoms with Crippen LogP contribution < -0.4 is 15.8 Å². The van der Waals surface area contributed by atoms with Gasteiger partial charge in [0.05, 0.1) is 5.69 Å². The zero-order valence-electron chi connectivity index (χ0n) is 20.9. The molecule has 0 radical (unpaired) electrons. The number of carboxylic acids is 1. The molecule has 0 aromatic heterocycles. The van der Waals surface area contributed by atoms with Crippen LogP contribution in [0.5, 0.6) is 5.75 Å². The van der Waals surface area contributed by atoms with E-state index in [2.05, 4.69) is 10.7 Å². The van der Waals surface area contributed by atoms with E-state index in [-0.39, 0.29) is 12.3 Å². The maximum atomic E-state index is 14.2. The number of nitrogens with zero attached hydrogens (tertiary/aromatic N) is 1. The molecule has 37 heavy (non-hydrogen) atoms. The first kappa shape index (κ1) is 26.2. The molecule has 1 saturated heterocycles. The number of para-hydroxylation sites is 1. The van der Waals surface area contributed by atoms with Gasteiger partial charge in [0.25, 0.3) is 0 Å². The zero-order valence-corrected chi connectivity index (χ0v) is 20.9. The molecule has 0 saturated carbocycles. The molecule has 3 aromatic rings. The van der Waals surface area contributed by atoms with E-state index in [4.69, 9.17) is 0 Å². The van der Waals surface area contributed by atoms with Crippen LogP contribution in [-0.4, -0.2) is 27.6 Å². The summed E-state index contributed by atoms with van der Waals surface area (Å²) in [4.78, 5) is 27.2. The van der Waals surface area contributed by atoms with Crippen LogP contribution in [0, 0.1) is 11.7 Å². The molecule has 3 aromatic carbocycles. The number of amides is 1. The van der Waals surface area contributed by atoms with Crippen molar-refractivity contribution in [1.82, 2.24) is 10.7 Å². The van der Waals surface area contributed by atoms with E-state index >= 15 is 0 Å². The number of rotatable bonds is 9. The average molecular weight is 506 g/mol. The molecule has 4 rings (SSSR count). The van der Waals surface area contributed by atoms with Crippen LogP contribution in [0.4, 0.5) is 10.1 Å². The van der Waals surface area contributed by atoms with Gasteiger partial charge in [-0.2, -0.15) is 0 Å². The lowest BCUT2D eigenvalue weighted by molar-refractivity contribution is -0.145. The molecule has 1 aliphatic heterocycles. The number of hydrogen-bond donors (Lipinski definition) is 4. The molecule has 1 fully saturated rings. The van der Waals surface area contributed by atoms with Gasteiger partial charge >= 0.3 is 5.97 Å². The van der Waals surface area contributed by atoms with Gasteiger partial charge < -0.3 is 15.5 Å². The van der Waals surface area contributed by atoms with E-state index in [0.29, 0.717) is 24.1 Å². The van der Waals surface area contributed by atoms with Crippen molar-refractivity contribution in [1.29, 1.82) is 0 Å². The van der Waals surface area contributed by atoms with Crippen molar-refractivity contribution in [3.8, 4) is 5.75 Å². The quantitative estimate of drug-likeness (QED) is 0.336. The number of hydrazine groups is 1. The van der Waals surface area contributed by atoms with Crippen molar-refractivity contribution >= 4 is 17.6 Å². The van der Waals surface area contributed by atoms with Crippen molar-refractivity contribution < 1.29 is 24.2 Å². The molecule has 3 unspecified atom stereocenters. The van der Waals surface area contributed by atoms with Gasteiger partial charge in [0.1, 0.15) is 17.1 Å². The summed E-state index contributed by atoms with van der Waals surface area (Å²) in [6.07, 6.45) is 1.96. The average Bonchev–Trinajstić information content (AvgIpc) is 3.18. The van der Waals surface area contributed by atoms with E-state index < -0.39 is 34.7 Å². The number of halogens is 1. The van der Waals surface area contributed by atoms with Gasteiger partial charge in [-0.15, -0.1) is 0 Å². The van der Waals surface area contributed by atoms with Crippen molar-refractivity contribution in [2.75, 3.05) is 5.01 Å². The van der Waals surface area contributed by atoms with Gasteiger partial charge in [0.2, 0.25) is 5.91 Å². The van der Waals surface area contributed by atoms with Crippen molar-refractivity contribution in [2.24, 2.45) is 5.92 Å². The van der Waals surface area contributed by atoms with Gasteiger partial charge in [-0.3, -0.25) is 9.80 Å². The Labute approximate surface area is 215 Å². The van der Waals surface area contributed by atoms with Crippen LogP contribution in [0.1, 0.15) is 44.2 Å². The van der Waals surface area contributed by atoms with E-state index in [1.54, 1.807) is 36.2 Å². The predicted molar refractivity (Wildman–Crippen MR) is 139 cm³/mol. The fourth-order valence-electron chi connectivity index (χ4n) is 5.26. The third-order valence-corrected chi connectivity index (χ3v) is 7.29. The molecule has 4 N–H and O–H groups in total. The Hall–Kier alpha value is -3.91. The number of aliphatic carboxylic acids is 1. The van der Waals surface area contributed by atoms with Gasteiger partial charge in [0, 0.05) is 12.5 Å². The second kappa shape index (κ2) is 10.6. The highest BCUT2D eigenvalue weighted by Crippen LogP contribution is 2.50. The standard InChI is InChI=1S/C29H32FN3O4/c1-3-4-10-25-28(2,27(36)37)33(23-8-6-5-7-9-23)32-29(25,21-13-15-22(30)16-14-21)26(35)31-19-20-11-17-24(34)18-12-20/h5-9,11-18,25,32,34H,3-4,10,19H2,1-2H3,(H,31,35)(H,36,37). The summed E-state index contributed by atoms with van der Waals surface area (Å²) in [5.41, 5.74) is 2.16. The fourth-order valence-corrected chi connectivity index (χ4v) is 5.26. The minimum absolute atomic E-state index is 0.116. The smallest absolute Gasteiger partial charge is 0.331 e. The molecule has 1 heterocycles. The molecular formula is C29H32FN3O4. The number of benzene rings is 3. The minimum atomic E-state index is -1.50. The van der Waals surface area contributed by atoms with Crippen molar-refractivity contribution in [2.45, 2.75) is 50.7 Å². The van der Waals surface area contributed by atoms with Gasteiger partial charge in [-0.25, -0.2) is 14.6 Å². The van der Waals surface area contributed by atoms with Crippen molar-refractivity contribution in [3.05, 3.63) is 95.8 Å². The second-order valence-electron chi connectivity index (χ2n) is 9.59. The van der Waals surface area contributed by atoms with Crippen LogP contribution in [0.2, 0.25) is 0 Å². The molecule has 0 bridgehead atoms. The molecule has 0 spiro atoms. The number of anilines is 1. The first-order valence-corrected chi connectivity index (χ1v) is 12.4. The second-order valence-corrected chi connectivity index (χ2v) is 9.59. The predicted octanol–water partition coefficient (Wildman–Crippen LogP) is 4.72. The minimum Gasteiger partial charge on any atom is -0.508 e. The normalized spacial score (nSPS) is 23.1. The molecule has 7 nitrogen and oxygen atoms in total. The highest BCUT2D eigenvalue weighted by Gasteiger charge is 2.66. The number of hydrogen-bond acceptors (Lipinski definition) is 5. The molecule has 3 atom stereocenters. The van der Waals surface area contributed by atoms with Gasteiger partial charge in [0.15, 0.2) is 5.54 Å². The van der Waals surface area contributed by atoms with E-state index in [1.165, 1.54) is 36.4 Å². The number of phenolic OH excluding ortho intramolecular Hbond substituents is 1. The molecule has 194 valence electrons. The van der Waals surface area contributed by atoms with Crippen LogP contribution in [0.25, 0.3) is 0 Å². The maximum Gasteiger partial charge on any atom is 0.331 e. The number of phenols is 1. The zero-order chi connectivity index (χ0) is 26.6. The lowest BCUT2D eigenvalue weighted by Gasteiger charge is -2.37. The summed E-state index contributed by atoms with van der Waals surface area (Å²) in [5, 5.41) is 24.8. The number of aromatic hydroxyl groups is 1. The largest absolute Gasteiger partial charge is 0.508 e. The van der Waals surface area contributed by atoms with Crippen LogP contribution in [-0.2, 0) is 21.7 Å². The third-order valence-electron chi connectivity index (χ3n) is 7.29. The lowest BCUT2D eigenvalue weighted by atomic mass is 9.68. The number of nitrogens with one attached hydrogen (secondary N) is 2. The molecular weight excluding hydrogens is 473 g/mol. The van der Waals surface area contributed by atoms with Gasteiger partial charge in [-0.1, -0.05) is 62.2 Å². The van der Waals surface area contributed by atoms with E-state index in [9.17, 15) is 24.2 Å². The Kier molecular flexibility index (Phi) is 7.50. The Morgan fingerprint density at radius 3 is 2.27 bits per heavy atom. The SMILES string of the molecule is CCCCC1C(C(=O)NCc2ccc(O)cc2)(c2ccc(F)cc2)NN(c2ccccc2)C1(C)C(=O)O. The Balaban J connectivity index is 1.86. The summed E-state index contributed by atoms with van der Waals surface area (Å²) in [6, 6.07) is 21.2. The number of carboxylic acid groups (broad SMARTS) is 1. The first-order chi connectivity index (χ1) is 17.7. The lowest BCUT2D eigenvalue weighted by Crippen LogP contribution is -2.56. The topological polar surface area (TPSA) is 102 Å². The summed E-state index contributed by atoms with van der Waals surface area (Å²) in [5.74, 6) is -2.53. The Morgan fingerprint density at radius 2 is 1.68 bits per heavy atom. The summed E-state index contributed by atoms with van der Waals surface area (Å²) < 4.78 is 14.0. The third kappa shape index (κ3) is 4.76. The molecule has 1 aliphatic rings. The number of carbonyl (C=O) groups excluding carboxylic acids is 1. The Bertz CT molecular complexity index is 1240. The highest BCUT2D eigenvalue weighted by molar-refractivity contribution is 5.94. The molecule has 1 amide bonds. The summed E-state index contributed by atoms with van der Waals surface area (Å²) in [6.45, 7) is 3.81. The fraction of sp³-hybridized carbons (Fsp3) is 0.310. The van der Waals surface area contributed by atoms with Crippen LogP contribution >= 0.6 is 0 Å². The number of unbranched alkanes of at least 4 members (excludes halogenated alkanes) is 1. The molecule has 8 heteroatoms. The maximum absolute atomic E-state index is 14.2. The van der Waals surface area contributed by atoms with E-state index in [1.807, 2.05) is 25.1 Å². The number of carbonyl (C=O) groups is 2. The molecule has 0 aliphatic carbocycles. The monoisotopic (exact) mass is 505 g/mol. The van der Waals surface area contributed by atoms with E-state index in [0.717, 1.165) is 12.0 Å². The highest BCUT2D eigenvalue weighted by atomic mass is 19.1. The Morgan fingerprint density at radius 1 is 1.03 bits per heavy atom. The van der Waals surface area contributed by atoms with Crippen molar-refractivity contribution in [3.63, 3.8) is 0 Å². The van der Waals surface area contributed by atoms with Gasteiger partial charge in [-0.05, 0) is 60.9 Å². The van der Waals surface area contributed by atoms with Crippen LogP contribution in [0.15, 0.2) is 78.9 Å². The first-order valence-electron chi connectivity index (χ1n) is 12.4. The summed E-state index contributed by atoms with van der Waals surface area (Å²) in [7, 11) is 0.